The summed E-state index contributed by atoms with van der Waals surface area (Å²) < 4.78 is 40.2. The van der Waals surface area contributed by atoms with Crippen LogP contribution in [-0.2, 0) is 18.6 Å². The van der Waals surface area contributed by atoms with E-state index in [9.17, 15) is 18.9 Å². The van der Waals surface area contributed by atoms with Gasteiger partial charge in [0, 0.05) is 11.5 Å². The van der Waals surface area contributed by atoms with Crippen molar-refractivity contribution in [2.24, 2.45) is 0 Å². The van der Waals surface area contributed by atoms with Gasteiger partial charge in [-0.15, -0.1) is 6.58 Å². The molecule has 1 aliphatic carbocycles. The molecule has 2 bridgehead atoms. The molecule has 2 aliphatic heterocycles. The van der Waals surface area contributed by atoms with Crippen molar-refractivity contribution in [3.05, 3.63) is 24.5 Å². The van der Waals surface area contributed by atoms with Gasteiger partial charge in [0.05, 0.1) is 12.2 Å². The number of hydrogen-bond donors (Lipinski definition) is 2. The van der Waals surface area contributed by atoms with Gasteiger partial charge in [0.1, 0.15) is 10.7 Å². The van der Waals surface area contributed by atoms with Crippen LogP contribution in [0.15, 0.2) is 24.5 Å². The van der Waals surface area contributed by atoms with Crippen molar-refractivity contribution in [1.29, 1.82) is 0 Å². The molecule has 8 heteroatoms. The van der Waals surface area contributed by atoms with Crippen molar-refractivity contribution >= 4 is 14.7 Å². The highest BCUT2D eigenvalue weighted by Gasteiger charge is 2.60. The summed E-state index contributed by atoms with van der Waals surface area (Å²) >= 11 is 0. The Bertz CT molecular complexity index is 741. The van der Waals surface area contributed by atoms with E-state index >= 15 is 0 Å². The third-order valence-corrected chi connectivity index (χ3v) is 12.5. The smallest absolute Gasteiger partial charge is 0.255 e. The van der Waals surface area contributed by atoms with E-state index in [0.717, 1.165) is 38.5 Å². The third-order valence-electron chi connectivity index (χ3n) is 7.24. The van der Waals surface area contributed by atoms with Gasteiger partial charge in [-0.25, -0.2) is 0 Å². The lowest BCUT2D eigenvalue weighted by atomic mass is 9.91. The zero-order valence-corrected chi connectivity index (χ0v) is 22.0. The molecule has 32 heavy (non-hydrogen) atoms. The summed E-state index contributed by atoms with van der Waals surface area (Å²) in [6.07, 6.45) is 9.15. The molecule has 4 atom stereocenters. The number of hydrogen-bond acceptors (Lipinski definition) is 4. The fraction of sp³-hybridized carbons (Fsp3) is 0.833. The van der Waals surface area contributed by atoms with Crippen LogP contribution in [-0.4, -0.2) is 38.8 Å². The lowest BCUT2D eigenvalue weighted by molar-refractivity contribution is -0.145. The molecule has 3 aliphatic rings. The lowest BCUT2D eigenvalue weighted by Crippen LogP contribution is -2.50. The van der Waals surface area contributed by atoms with Crippen molar-refractivity contribution in [1.82, 2.24) is 0 Å². The minimum absolute atomic E-state index is 0.0300. The predicted octanol–water partition coefficient (Wildman–Crippen LogP) is 7.16. The summed E-state index contributed by atoms with van der Waals surface area (Å²) in [4.78, 5) is 22.2. The van der Waals surface area contributed by atoms with Crippen LogP contribution >= 0.6 is 14.7 Å². The monoisotopic (exact) mass is 490 g/mol. The van der Waals surface area contributed by atoms with E-state index in [-0.39, 0.29) is 49.4 Å². The van der Waals surface area contributed by atoms with Gasteiger partial charge in [0.15, 0.2) is 0 Å². The largest absolute Gasteiger partial charge is 0.362 e. The molecule has 2 saturated heterocycles. The molecule has 0 radical (unpaired) electrons. The van der Waals surface area contributed by atoms with E-state index in [1.807, 2.05) is 0 Å². The third kappa shape index (κ3) is 5.88. The Morgan fingerprint density at radius 3 is 1.81 bits per heavy atom. The maximum atomic E-state index is 13.6. The molecule has 0 aromatic rings. The standard InChI is InChI=1S/C24H44O6P2/c1-6-9-11-21-13-14-22(12-10-7-2)30-24(32(27,28)20(4)5)17-15-23(29-21,16-18-24)31(25,26)19-8-3/h8,21-22H,3-4,6-7,9-19H2,1-2,5H3,(H,25,26)(H,27,28). The van der Waals surface area contributed by atoms with Crippen LogP contribution in [0.5, 0.6) is 0 Å². The van der Waals surface area contributed by atoms with Gasteiger partial charge < -0.3 is 19.3 Å². The van der Waals surface area contributed by atoms with E-state index in [2.05, 4.69) is 27.0 Å². The highest BCUT2D eigenvalue weighted by molar-refractivity contribution is 7.63. The fourth-order valence-corrected chi connectivity index (χ4v) is 8.88. The molecule has 2 heterocycles. The molecular weight excluding hydrogens is 446 g/mol. The topological polar surface area (TPSA) is 93.1 Å². The fourth-order valence-electron chi connectivity index (χ4n) is 5.14. The zero-order valence-electron chi connectivity index (χ0n) is 20.3. The predicted molar refractivity (Wildman–Crippen MR) is 131 cm³/mol. The number of allylic oxidation sites excluding steroid dienone is 2. The van der Waals surface area contributed by atoms with Gasteiger partial charge >= 0.3 is 0 Å². The molecule has 0 spiro atoms. The molecule has 0 amide bonds. The average Bonchev–Trinajstić information content (AvgIpc) is 2.74. The Morgan fingerprint density at radius 2 is 1.41 bits per heavy atom. The first-order valence-corrected chi connectivity index (χ1v) is 15.8. The second-order valence-electron chi connectivity index (χ2n) is 9.72. The maximum Gasteiger partial charge on any atom is 0.255 e. The van der Waals surface area contributed by atoms with Gasteiger partial charge in [-0.2, -0.15) is 0 Å². The van der Waals surface area contributed by atoms with Crippen LogP contribution in [0.3, 0.4) is 0 Å². The summed E-state index contributed by atoms with van der Waals surface area (Å²) in [6.45, 7) is 13.3. The molecule has 0 aromatic carbocycles. The minimum Gasteiger partial charge on any atom is -0.362 e. The Labute approximate surface area is 194 Å². The molecular formula is C24H44O6P2. The van der Waals surface area contributed by atoms with Crippen LogP contribution in [0, 0.1) is 0 Å². The number of unbranched alkanes of at least 4 members (excludes halogenated alkanes) is 2. The molecule has 186 valence electrons. The lowest BCUT2D eigenvalue weighted by Gasteiger charge is -2.51. The van der Waals surface area contributed by atoms with Gasteiger partial charge in [0.25, 0.3) is 7.37 Å². The first-order chi connectivity index (χ1) is 15.0. The zero-order chi connectivity index (χ0) is 24.0. The minimum atomic E-state index is -3.88. The Morgan fingerprint density at radius 1 is 0.969 bits per heavy atom. The van der Waals surface area contributed by atoms with Crippen molar-refractivity contribution in [3.8, 4) is 0 Å². The van der Waals surface area contributed by atoms with Crippen molar-refractivity contribution in [2.75, 3.05) is 6.16 Å². The summed E-state index contributed by atoms with van der Waals surface area (Å²) in [6, 6.07) is 0. The molecule has 3 fully saturated rings. The molecule has 4 unspecified atom stereocenters. The normalized spacial score (nSPS) is 34.9. The van der Waals surface area contributed by atoms with Crippen molar-refractivity contribution in [3.63, 3.8) is 0 Å². The van der Waals surface area contributed by atoms with E-state index in [1.54, 1.807) is 6.92 Å². The van der Waals surface area contributed by atoms with Crippen LogP contribution in [0.1, 0.15) is 97.8 Å². The summed E-state index contributed by atoms with van der Waals surface area (Å²) in [5.41, 5.74) is 0. The van der Waals surface area contributed by atoms with E-state index in [4.69, 9.17) is 9.47 Å². The van der Waals surface area contributed by atoms with Crippen LogP contribution in [0.2, 0.25) is 0 Å². The van der Waals surface area contributed by atoms with E-state index in [1.165, 1.54) is 6.08 Å². The van der Waals surface area contributed by atoms with Gasteiger partial charge in [-0.1, -0.05) is 52.2 Å². The first kappa shape index (κ1) is 28.0. The van der Waals surface area contributed by atoms with Crippen LogP contribution in [0.25, 0.3) is 0 Å². The van der Waals surface area contributed by atoms with Gasteiger partial charge in [-0.05, 0) is 58.3 Å². The molecule has 1 saturated carbocycles. The Hall–Kier alpha value is -0.220. The maximum absolute atomic E-state index is 13.6. The molecule has 6 nitrogen and oxygen atoms in total. The molecule has 0 aromatic heterocycles. The summed E-state index contributed by atoms with van der Waals surface area (Å²) in [5.74, 6) is 0. The number of fused-ring (bicyclic) bond motifs is 7. The molecule has 3 rings (SSSR count). The second kappa shape index (κ2) is 11.5. The highest BCUT2D eigenvalue weighted by Crippen LogP contribution is 2.71. The summed E-state index contributed by atoms with van der Waals surface area (Å²) in [5, 5.41) is -2.27. The van der Waals surface area contributed by atoms with Crippen molar-refractivity contribution < 1.29 is 28.4 Å². The van der Waals surface area contributed by atoms with E-state index < -0.39 is 25.4 Å². The second-order valence-corrected chi connectivity index (χ2v) is 15.0. The summed E-state index contributed by atoms with van der Waals surface area (Å²) in [7, 11) is -7.62. The average molecular weight is 491 g/mol. The van der Waals surface area contributed by atoms with Crippen LogP contribution in [0.4, 0.5) is 0 Å². The Kier molecular flexibility index (Phi) is 10.0. The SMILES string of the molecule is C=CCP(=O)(O)C12CCC(P(=O)(O)C(=C)C)(CC1)OC(CCCC)CCC(CCCC)O2. The number of rotatable bonds is 11. The first-order valence-electron chi connectivity index (χ1n) is 12.3. The van der Waals surface area contributed by atoms with Crippen molar-refractivity contribution in [2.45, 2.75) is 121 Å². The van der Waals surface area contributed by atoms with Crippen LogP contribution < -0.4 is 0 Å². The Balaban J connectivity index is 2.50. The van der Waals surface area contributed by atoms with Gasteiger partial charge in [-0.3, -0.25) is 9.13 Å². The van der Waals surface area contributed by atoms with E-state index in [0.29, 0.717) is 12.8 Å². The quantitative estimate of drug-likeness (QED) is 0.236. The number of ether oxygens (including phenoxy) is 2. The molecule has 2 N–H and O–H groups in total. The van der Waals surface area contributed by atoms with Gasteiger partial charge in [0.2, 0.25) is 7.37 Å². The highest BCUT2D eigenvalue weighted by atomic mass is 31.2.